The normalized spacial score (nSPS) is 26.1. The Bertz CT molecular complexity index is 223. The summed E-state index contributed by atoms with van der Waals surface area (Å²) in [5, 5.41) is 0. The van der Waals surface area contributed by atoms with Crippen LogP contribution in [0.1, 0.15) is 12.8 Å². The van der Waals surface area contributed by atoms with E-state index in [4.69, 9.17) is 12.3 Å². The molecule has 4 nitrogen and oxygen atoms in total. The van der Waals surface area contributed by atoms with Crippen LogP contribution in [0.2, 0.25) is 0 Å². The number of likely N-dealkylation sites (N-methyl/N-ethyl adjacent to an activating group) is 2. The molecule has 1 aliphatic rings. The minimum Gasteiger partial charge on any atom is -0.303 e. The standard InChI is InChI=1S/C11H22N4/c1-4-5-6-10(13-12)11-9-14(2)7-8-15(11)3/h1,10-11,13H,5-9,12H2,2-3H3. The third kappa shape index (κ3) is 3.47. The van der Waals surface area contributed by atoms with E-state index in [1.807, 2.05) is 0 Å². The number of hydrazine groups is 1. The zero-order chi connectivity index (χ0) is 11.3. The zero-order valence-corrected chi connectivity index (χ0v) is 9.74. The zero-order valence-electron chi connectivity index (χ0n) is 9.74. The van der Waals surface area contributed by atoms with Gasteiger partial charge >= 0.3 is 0 Å². The van der Waals surface area contributed by atoms with E-state index in [2.05, 4.69) is 35.2 Å². The van der Waals surface area contributed by atoms with Gasteiger partial charge in [-0.3, -0.25) is 16.2 Å². The van der Waals surface area contributed by atoms with Crippen LogP contribution >= 0.6 is 0 Å². The summed E-state index contributed by atoms with van der Waals surface area (Å²) in [4.78, 5) is 4.70. The van der Waals surface area contributed by atoms with Gasteiger partial charge in [-0.05, 0) is 20.5 Å². The van der Waals surface area contributed by atoms with Crippen molar-refractivity contribution in [1.29, 1.82) is 0 Å². The van der Waals surface area contributed by atoms with Gasteiger partial charge in [0.15, 0.2) is 0 Å². The van der Waals surface area contributed by atoms with Crippen molar-refractivity contribution in [2.24, 2.45) is 5.84 Å². The lowest BCUT2D eigenvalue weighted by Gasteiger charge is -2.41. The average molecular weight is 210 g/mol. The van der Waals surface area contributed by atoms with Crippen LogP contribution in [0.15, 0.2) is 0 Å². The molecule has 3 N–H and O–H groups in total. The molecule has 0 radical (unpaired) electrons. The minimum absolute atomic E-state index is 0.286. The van der Waals surface area contributed by atoms with Gasteiger partial charge in [-0.25, -0.2) is 0 Å². The molecule has 86 valence electrons. The number of nitrogens with one attached hydrogen (secondary N) is 1. The van der Waals surface area contributed by atoms with Crippen LogP contribution in [0.3, 0.4) is 0 Å². The summed E-state index contributed by atoms with van der Waals surface area (Å²) in [6, 6.07) is 0.746. The monoisotopic (exact) mass is 210 g/mol. The minimum atomic E-state index is 0.286. The number of hydrogen-bond acceptors (Lipinski definition) is 4. The summed E-state index contributed by atoms with van der Waals surface area (Å²) < 4.78 is 0. The van der Waals surface area contributed by atoms with Crippen molar-refractivity contribution in [3.8, 4) is 12.3 Å². The molecule has 1 rings (SSSR count). The first-order chi connectivity index (χ1) is 7.19. The fraction of sp³-hybridized carbons (Fsp3) is 0.818. The van der Waals surface area contributed by atoms with E-state index in [9.17, 15) is 0 Å². The van der Waals surface area contributed by atoms with Crippen LogP contribution in [0.4, 0.5) is 0 Å². The van der Waals surface area contributed by atoms with Crippen LogP contribution in [0.25, 0.3) is 0 Å². The Morgan fingerprint density at radius 3 is 2.87 bits per heavy atom. The molecule has 4 heteroatoms. The number of piperazine rings is 1. The molecule has 0 bridgehead atoms. The molecule has 0 aromatic carbocycles. The molecule has 0 saturated carbocycles. The molecule has 2 unspecified atom stereocenters. The van der Waals surface area contributed by atoms with Crippen LogP contribution in [0.5, 0.6) is 0 Å². The second kappa shape index (κ2) is 6.09. The van der Waals surface area contributed by atoms with E-state index in [1.54, 1.807) is 0 Å². The number of hydrogen-bond donors (Lipinski definition) is 2. The summed E-state index contributed by atoms with van der Waals surface area (Å²) in [7, 11) is 4.30. The predicted octanol–water partition coefficient (Wildman–Crippen LogP) is -0.522. The maximum absolute atomic E-state index is 5.59. The fourth-order valence-electron chi connectivity index (χ4n) is 2.10. The molecular formula is C11H22N4. The van der Waals surface area contributed by atoms with Gasteiger partial charge in [0.1, 0.15) is 0 Å². The highest BCUT2D eigenvalue weighted by molar-refractivity contribution is 4.92. The third-order valence-corrected chi connectivity index (χ3v) is 3.18. The van der Waals surface area contributed by atoms with Crippen molar-refractivity contribution in [3.05, 3.63) is 0 Å². The molecule has 2 atom stereocenters. The van der Waals surface area contributed by atoms with Crippen LogP contribution in [-0.2, 0) is 0 Å². The van der Waals surface area contributed by atoms with E-state index >= 15 is 0 Å². The van der Waals surface area contributed by atoms with Crippen molar-refractivity contribution in [2.75, 3.05) is 33.7 Å². The summed E-state index contributed by atoms with van der Waals surface area (Å²) >= 11 is 0. The highest BCUT2D eigenvalue weighted by Crippen LogP contribution is 2.12. The lowest BCUT2D eigenvalue weighted by Crippen LogP contribution is -2.59. The molecule has 15 heavy (non-hydrogen) atoms. The Labute approximate surface area is 92.8 Å². The first kappa shape index (κ1) is 12.5. The van der Waals surface area contributed by atoms with Crippen molar-refractivity contribution >= 4 is 0 Å². The topological polar surface area (TPSA) is 44.5 Å². The van der Waals surface area contributed by atoms with E-state index in [0.717, 1.165) is 32.5 Å². The number of rotatable bonds is 4. The van der Waals surface area contributed by atoms with Gasteiger partial charge in [0.05, 0.1) is 0 Å². The maximum atomic E-state index is 5.59. The summed E-state index contributed by atoms with van der Waals surface area (Å²) in [5.74, 6) is 8.26. The third-order valence-electron chi connectivity index (χ3n) is 3.18. The van der Waals surface area contributed by atoms with Gasteiger partial charge in [0.2, 0.25) is 0 Å². The molecule has 0 aromatic heterocycles. The van der Waals surface area contributed by atoms with Crippen LogP contribution in [0, 0.1) is 12.3 Å². The van der Waals surface area contributed by atoms with E-state index in [0.29, 0.717) is 6.04 Å². The van der Waals surface area contributed by atoms with E-state index in [1.165, 1.54) is 0 Å². The van der Waals surface area contributed by atoms with Gasteiger partial charge < -0.3 is 4.90 Å². The van der Waals surface area contributed by atoms with Crippen molar-refractivity contribution in [1.82, 2.24) is 15.2 Å². The maximum Gasteiger partial charge on any atom is 0.0387 e. The Morgan fingerprint density at radius 2 is 2.27 bits per heavy atom. The van der Waals surface area contributed by atoms with Crippen LogP contribution in [-0.4, -0.2) is 55.6 Å². The lowest BCUT2D eigenvalue weighted by molar-refractivity contribution is 0.0857. The van der Waals surface area contributed by atoms with E-state index < -0.39 is 0 Å². The van der Waals surface area contributed by atoms with Crippen molar-refractivity contribution in [3.63, 3.8) is 0 Å². The Hall–Kier alpha value is -0.600. The largest absolute Gasteiger partial charge is 0.303 e. The van der Waals surface area contributed by atoms with Gasteiger partial charge in [-0.15, -0.1) is 12.3 Å². The average Bonchev–Trinajstić information content (AvgIpc) is 2.24. The molecule has 1 aliphatic heterocycles. The van der Waals surface area contributed by atoms with Gasteiger partial charge in [-0.2, -0.15) is 0 Å². The molecule has 0 spiro atoms. The summed E-state index contributed by atoms with van der Waals surface area (Å²) in [5.41, 5.74) is 2.89. The second-order valence-electron chi connectivity index (χ2n) is 4.33. The lowest BCUT2D eigenvalue weighted by atomic mass is 10.00. The first-order valence-electron chi connectivity index (χ1n) is 5.47. The summed E-state index contributed by atoms with van der Waals surface area (Å²) in [6.07, 6.45) is 7.00. The fourth-order valence-corrected chi connectivity index (χ4v) is 2.10. The van der Waals surface area contributed by atoms with Crippen LogP contribution < -0.4 is 11.3 Å². The highest BCUT2D eigenvalue weighted by atomic mass is 15.3. The number of nitrogens with zero attached hydrogens (tertiary/aromatic N) is 2. The van der Waals surface area contributed by atoms with Gasteiger partial charge in [0.25, 0.3) is 0 Å². The highest BCUT2D eigenvalue weighted by Gasteiger charge is 2.28. The first-order valence-corrected chi connectivity index (χ1v) is 5.47. The number of nitrogens with two attached hydrogens (primary N) is 1. The Balaban J connectivity index is 2.52. The second-order valence-corrected chi connectivity index (χ2v) is 4.33. The molecule has 0 aliphatic carbocycles. The summed E-state index contributed by atoms with van der Waals surface area (Å²) in [6.45, 7) is 3.27. The van der Waals surface area contributed by atoms with Gasteiger partial charge in [-0.1, -0.05) is 0 Å². The quantitative estimate of drug-likeness (QED) is 0.372. The molecule has 1 fully saturated rings. The molecular weight excluding hydrogens is 188 g/mol. The van der Waals surface area contributed by atoms with E-state index in [-0.39, 0.29) is 6.04 Å². The molecule has 0 amide bonds. The molecule has 0 aromatic rings. The predicted molar refractivity (Wildman–Crippen MR) is 63.1 cm³/mol. The Kier molecular flexibility index (Phi) is 5.06. The smallest absolute Gasteiger partial charge is 0.0387 e. The van der Waals surface area contributed by atoms with Crippen molar-refractivity contribution < 1.29 is 0 Å². The SMILES string of the molecule is C#CCCC(NN)C1CN(C)CCN1C. The Morgan fingerprint density at radius 1 is 1.53 bits per heavy atom. The molecule has 1 saturated heterocycles. The number of terminal acetylenes is 1. The van der Waals surface area contributed by atoms with Gasteiger partial charge in [0, 0.05) is 38.1 Å². The molecule has 1 heterocycles. The van der Waals surface area contributed by atoms with Crippen molar-refractivity contribution in [2.45, 2.75) is 24.9 Å².